The van der Waals surface area contributed by atoms with Gasteiger partial charge in [0.1, 0.15) is 13.1 Å². The molecule has 0 aromatic carbocycles. The van der Waals surface area contributed by atoms with E-state index in [0.717, 1.165) is 4.90 Å². The molecule has 0 aromatic heterocycles. The summed E-state index contributed by atoms with van der Waals surface area (Å²) in [6, 6.07) is -0.569. The van der Waals surface area contributed by atoms with Crippen molar-refractivity contribution in [2.45, 2.75) is 26.8 Å². The van der Waals surface area contributed by atoms with E-state index >= 15 is 0 Å². The quantitative estimate of drug-likeness (QED) is 0.670. The van der Waals surface area contributed by atoms with E-state index in [2.05, 4.69) is 0 Å². The molecular weight excluding hydrogens is 226 g/mol. The van der Waals surface area contributed by atoms with Gasteiger partial charge in [0.2, 0.25) is 5.91 Å². The number of hydrogen-bond acceptors (Lipinski definition) is 3. The summed E-state index contributed by atoms with van der Waals surface area (Å²) in [6.07, 6.45) is 0. The zero-order chi connectivity index (χ0) is 13.6. The third-order valence-electron chi connectivity index (χ3n) is 2.15. The number of carbonyl (C=O) groups excluding carboxylic acids is 2. The predicted octanol–water partition coefficient (Wildman–Crippen LogP) is -0.291. The minimum Gasteiger partial charge on any atom is -0.480 e. The number of hydrogen-bond donors (Lipinski definition) is 2. The average Bonchev–Trinajstić information content (AvgIpc) is 2.15. The molecule has 0 aliphatic rings. The Balaban J connectivity index is 4.82. The molecular formula is C10H19N3O4. The SMILES string of the molecule is CCN(C(=O)N(CC(N)=O)CC(=O)O)C(C)C. The number of rotatable bonds is 6. The Labute approximate surface area is 100 Å². The largest absolute Gasteiger partial charge is 0.480 e. The summed E-state index contributed by atoms with van der Waals surface area (Å²) in [5, 5.41) is 8.67. The van der Waals surface area contributed by atoms with E-state index in [-0.39, 0.29) is 6.04 Å². The summed E-state index contributed by atoms with van der Waals surface area (Å²) in [5.74, 6) is -1.92. The van der Waals surface area contributed by atoms with Gasteiger partial charge in [0, 0.05) is 12.6 Å². The zero-order valence-electron chi connectivity index (χ0n) is 10.3. The van der Waals surface area contributed by atoms with Gasteiger partial charge in [0.25, 0.3) is 0 Å². The van der Waals surface area contributed by atoms with Gasteiger partial charge in [-0.1, -0.05) is 0 Å². The first kappa shape index (κ1) is 15.2. The van der Waals surface area contributed by atoms with E-state index in [0.29, 0.717) is 6.54 Å². The molecule has 7 nitrogen and oxygen atoms in total. The highest BCUT2D eigenvalue weighted by atomic mass is 16.4. The van der Waals surface area contributed by atoms with Crippen molar-refractivity contribution in [2.75, 3.05) is 19.6 Å². The van der Waals surface area contributed by atoms with Gasteiger partial charge in [-0.25, -0.2) is 4.79 Å². The topological polar surface area (TPSA) is 104 Å². The van der Waals surface area contributed by atoms with Crippen molar-refractivity contribution in [3.8, 4) is 0 Å². The van der Waals surface area contributed by atoms with E-state index < -0.39 is 31.0 Å². The minimum absolute atomic E-state index is 0.0725. The fourth-order valence-corrected chi connectivity index (χ4v) is 1.45. The standard InChI is InChI=1S/C10H19N3O4/c1-4-13(7(2)3)10(17)12(5-8(11)14)6-9(15)16/h7H,4-6H2,1-3H3,(H2,11,14)(H,15,16). The molecule has 7 heteroatoms. The lowest BCUT2D eigenvalue weighted by Crippen LogP contribution is -2.50. The van der Waals surface area contributed by atoms with Crippen LogP contribution in [0.2, 0.25) is 0 Å². The molecule has 0 heterocycles. The highest BCUT2D eigenvalue weighted by Gasteiger charge is 2.24. The first-order valence-electron chi connectivity index (χ1n) is 5.35. The average molecular weight is 245 g/mol. The Morgan fingerprint density at radius 1 is 1.24 bits per heavy atom. The second-order valence-electron chi connectivity index (χ2n) is 3.88. The molecule has 0 unspecified atom stereocenters. The summed E-state index contributed by atoms with van der Waals surface area (Å²) in [6.45, 7) is 4.90. The maximum Gasteiger partial charge on any atom is 0.323 e. The summed E-state index contributed by atoms with van der Waals surface area (Å²) >= 11 is 0. The molecule has 98 valence electrons. The molecule has 0 radical (unpaired) electrons. The summed E-state index contributed by atoms with van der Waals surface area (Å²) < 4.78 is 0. The first-order valence-corrected chi connectivity index (χ1v) is 5.35. The Hall–Kier alpha value is -1.79. The van der Waals surface area contributed by atoms with E-state index in [4.69, 9.17) is 10.8 Å². The minimum atomic E-state index is -1.18. The molecule has 0 aliphatic heterocycles. The van der Waals surface area contributed by atoms with Crippen LogP contribution < -0.4 is 5.73 Å². The van der Waals surface area contributed by atoms with E-state index in [1.807, 2.05) is 13.8 Å². The molecule has 0 aliphatic carbocycles. The van der Waals surface area contributed by atoms with Crippen LogP contribution in [0.25, 0.3) is 0 Å². The van der Waals surface area contributed by atoms with Crippen LogP contribution in [0.15, 0.2) is 0 Å². The molecule has 0 atom stereocenters. The second kappa shape index (κ2) is 6.72. The van der Waals surface area contributed by atoms with Gasteiger partial charge in [0.15, 0.2) is 0 Å². The van der Waals surface area contributed by atoms with Crippen LogP contribution in [-0.2, 0) is 9.59 Å². The summed E-state index contributed by atoms with van der Waals surface area (Å²) in [7, 11) is 0. The molecule has 3 amide bonds. The molecule has 3 N–H and O–H groups in total. The van der Waals surface area contributed by atoms with Gasteiger partial charge in [-0.15, -0.1) is 0 Å². The maximum atomic E-state index is 12.0. The third-order valence-corrected chi connectivity index (χ3v) is 2.15. The van der Waals surface area contributed by atoms with E-state index in [9.17, 15) is 14.4 Å². The first-order chi connectivity index (χ1) is 7.79. The molecule has 0 saturated heterocycles. The highest BCUT2D eigenvalue weighted by Crippen LogP contribution is 2.04. The van der Waals surface area contributed by atoms with Crippen LogP contribution >= 0.6 is 0 Å². The number of carboxylic acids is 1. The van der Waals surface area contributed by atoms with Crippen molar-refractivity contribution < 1.29 is 19.5 Å². The van der Waals surface area contributed by atoms with Crippen molar-refractivity contribution in [3.63, 3.8) is 0 Å². The predicted molar refractivity (Wildman–Crippen MR) is 61.3 cm³/mol. The highest BCUT2D eigenvalue weighted by molar-refractivity contribution is 5.86. The van der Waals surface area contributed by atoms with Crippen LogP contribution in [0.4, 0.5) is 4.79 Å². The third kappa shape index (κ3) is 5.19. The number of aliphatic carboxylic acids is 1. The summed E-state index contributed by atoms with van der Waals surface area (Å²) in [5.41, 5.74) is 4.98. The van der Waals surface area contributed by atoms with E-state index in [1.54, 1.807) is 6.92 Å². The monoisotopic (exact) mass is 245 g/mol. The van der Waals surface area contributed by atoms with Crippen molar-refractivity contribution >= 4 is 17.9 Å². The Morgan fingerprint density at radius 3 is 2.06 bits per heavy atom. The lowest BCUT2D eigenvalue weighted by atomic mass is 10.3. The van der Waals surface area contributed by atoms with E-state index in [1.165, 1.54) is 4.90 Å². The Kier molecular flexibility index (Phi) is 6.01. The van der Waals surface area contributed by atoms with Crippen LogP contribution in [-0.4, -0.2) is 58.5 Å². The van der Waals surface area contributed by atoms with Gasteiger partial charge in [-0.3, -0.25) is 9.59 Å². The fraction of sp³-hybridized carbons (Fsp3) is 0.700. The van der Waals surface area contributed by atoms with Crippen LogP contribution in [0.3, 0.4) is 0 Å². The molecule has 0 fully saturated rings. The van der Waals surface area contributed by atoms with Crippen molar-refractivity contribution in [1.82, 2.24) is 9.80 Å². The van der Waals surface area contributed by atoms with Gasteiger partial charge in [-0.05, 0) is 20.8 Å². The lowest BCUT2D eigenvalue weighted by Gasteiger charge is -2.31. The number of carbonyl (C=O) groups is 3. The lowest BCUT2D eigenvalue weighted by molar-refractivity contribution is -0.138. The zero-order valence-corrected chi connectivity index (χ0v) is 10.3. The number of urea groups is 1. The van der Waals surface area contributed by atoms with Crippen molar-refractivity contribution in [1.29, 1.82) is 0 Å². The number of amides is 3. The molecule has 0 rings (SSSR count). The number of primary amides is 1. The second-order valence-corrected chi connectivity index (χ2v) is 3.88. The number of carboxylic acid groups (broad SMARTS) is 1. The molecule has 0 aromatic rings. The Bertz CT molecular complexity index is 288. The van der Waals surface area contributed by atoms with Crippen molar-refractivity contribution in [2.24, 2.45) is 5.73 Å². The van der Waals surface area contributed by atoms with Gasteiger partial charge < -0.3 is 20.6 Å². The Morgan fingerprint density at radius 2 is 1.76 bits per heavy atom. The molecule has 0 bridgehead atoms. The van der Waals surface area contributed by atoms with Crippen LogP contribution in [0.1, 0.15) is 20.8 Å². The molecule has 0 spiro atoms. The normalized spacial score (nSPS) is 10.1. The van der Waals surface area contributed by atoms with Gasteiger partial charge >= 0.3 is 12.0 Å². The smallest absolute Gasteiger partial charge is 0.323 e. The van der Waals surface area contributed by atoms with Gasteiger partial charge in [-0.2, -0.15) is 0 Å². The fourth-order valence-electron chi connectivity index (χ4n) is 1.45. The van der Waals surface area contributed by atoms with Crippen LogP contribution in [0.5, 0.6) is 0 Å². The molecule has 0 saturated carbocycles. The number of nitrogens with two attached hydrogens (primary N) is 1. The van der Waals surface area contributed by atoms with Gasteiger partial charge in [0.05, 0.1) is 0 Å². The van der Waals surface area contributed by atoms with Crippen LogP contribution in [0, 0.1) is 0 Å². The maximum absolute atomic E-state index is 12.0. The summed E-state index contributed by atoms with van der Waals surface area (Å²) in [4.78, 5) is 35.8. The van der Waals surface area contributed by atoms with Crippen molar-refractivity contribution in [3.05, 3.63) is 0 Å². The number of nitrogens with zero attached hydrogens (tertiary/aromatic N) is 2. The molecule has 17 heavy (non-hydrogen) atoms.